The molecule has 8 aromatic carbocycles. The second kappa shape index (κ2) is 42.4. The Morgan fingerprint density at radius 2 is 0.887 bits per heavy atom. The highest BCUT2D eigenvalue weighted by Crippen LogP contribution is 2.38. The summed E-state index contributed by atoms with van der Waals surface area (Å²) in [6.07, 6.45) is 14.0. The molecule has 690 valence electrons. The predicted octanol–water partition coefficient (Wildman–Crippen LogP) is 16.8. The Hall–Kier alpha value is -14.1. The van der Waals surface area contributed by atoms with E-state index in [4.69, 9.17) is 32.7 Å². The quantitative estimate of drug-likeness (QED) is 0.0506. The van der Waals surface area contributed by atoms with E-state index in [1.807, 2.05) is 13.0 Å². The third-order valence-corrected chi connectivity index (χ3v) is 27.6. The van der Waals surface area contributed by atoms with Crippen LogP contribution < -0.4 is 70.1 Å². The molecule has 3 N–H and O–H groups in total. The van der Waals surface area contributed by atoms with E-state index < -0.39 is 69.8 Å². The highest BCUT2D eigenvalue weighted by molar-refractivity contribution is 9.10. The van der Waals surface area contributed by atoms with Gasteiger partial charge in [0.25, 0.3) is 52.3 Å². The summed E-state index contributed by atoms with van der Waals surface area (Å²) in [5.41, 5.74) is 2.64. The fraction of sp³-hybridized carbons (Fsp3) is 0.191. The van der Waals surface area contributed by atoms with Crippen LogP contribution in [0.2, 0.25) is 0 Å². The molecule has 16 aromatic rings. The molecule has 0 radical (unpaired) electrons. The van der Waals surface area contributed by atoms with Gasteiger partial charge in [-0.3, -0.25) is 47.0 Å². The molecule has 133 heavy (non-hydrogen) atoms. The summed E-state index contributed by atoms with van der Waals surface area (Å²) < 4.78 is 176. The minimum absolute atomic E-state index is 0.0221. The van der Waals surface area contributed by atoms with Crippen LogP contribution >= 0.6 is 31.9 Å². The normalized spacial score (nSPS) is 13.1. The minimum atomic E-state index is -4.20. The third-order valence-electron chi connectivity index (χ3n) is 21.6. The Morgan fingerprint density at radius 1 is 0.459 bits per heavy atom. The number of methoxy groups -OCH3 is 5. The number of pyridine rings is 5. The first-order chi connectivity index (χ1) is 63.8. The maximum Gasteiger partial charge on any atom is 0.265 e. The highest BCUT2D eigenvalue weighted by atomic mass is 79.9. The maximum absolute atomic E-state index is 15.6. The van der Waals surface area contributed by atoms with Crippen LogP contribution in [0.1, 0.15) is 61.3 Å². The van der Waals surface area contributed by atoms with Crippen molar-refractivity contribution in [2.45, 2.75) is 86.7 Å². The van der Waals surface area contributed by atoms with E-state index in [2.05, 4.69) is 80.8 Å². The number of halogens is 5. The van der Waals surface area contributed by atoms with E-state index >= 15 is 4.39 Å². The molecule has 31 nitrogen and oxygen atoms in total. The number of nitrogens with one attached hydrogen (secondary N) is 3. The topological polar surface area (TPSA) is 378 Å². The van der Waals surface area contributed by atoms with Crippen LogP contribution in [0.4, 0.5) is 30.6 Å². The molecule has 1 fully saturated rings. The number of aromatic nitrogens is 8. The zero-order valence-electron chi connectivity index (χ0n) is 72.7. The predicted molar refractivity (Wildman–Crippen MR) is 504 cm³/mol. The molecule has 17 rings (SSSR count). The van der Waals surface area contributed by atoms with Crippen molar-refractivity contribution in [3.05, 3.63) is 350 Å². The summed E-state index contributed by atoms with van der Waals surface area (Å²) in [4.78, 5) is 64.1. The number of nitrogens with zero attached hydrogens (tertiary/aromatic N) is 9. The van der Waals surface area contributed by atoms with Crippen molar-refractivity contribution in [1.29, 1.82) is 0 Å². The smallest absolute Gasteiger partial charge is 0.265 e. The van der Waals surface area contributed by atoms with Gasteiger partial charge in [-0.1, -0.05) is 65.9 Å². The molecular weight excluding hydrogens is 1910 g/mol. The zero-order chi connectivity index (χ0) is 95.2. The van der Waals surface area contributed by atoms with Gasteiger partial charge >= 0.3 is 0 Å². The molecule has 0 spiro atoms. The molecule has 1 saturated carbocycles. The SMILES string of the molecule is CCC1CCCC[C@@H]1NC.COc1cc(Br)c(F)cc1-n1c(=O)ccc2cc(S(=O)(=O)Nc3ccon3)ccc21.COc1ccc(CN(c2ccon2)S(=O)(=O)c2ccc3c(ccc(=O)n3-c3cc(F)c(-n4ccc(C)cc4=O)cc3OC)c2)cc1.COc1ccc(CN(c2ccon2)S(=O)(=O)c2ccc3c(ccc(=O)n3-c3cc(F)c(Br)cc3OC)c2)cc1.Cc1cc[nH]c(=O)c1. The molecule has 8 aromatic heterocycles. The maximum atomic E-state index is 15.6. The van der Waals surface area contributed by atoms with Crippen LogP contribution in [-0.2, 0) is 43.2 Å². The zero-order valence-corrected chi connectivity index (χ0v) is 78.3. The van der Waals surface area contributed by atoms with E-state index in [1.165, 1.54) is 245 Å². The summed E-state index contributed by atoms with van der Waals surface area (Å²) >= 11 is 6.21. The molecule has 0 amide bonds. The van der Waals surface area contributed by atoms with Gasteiger partial charge in [-0.15, -0.1) is 0 Å². The lowest BCUT2D eigenvalue weighted by Gasteiger charge is -2.30. The van der Waals surface area contributed by atoms with Gasteiger partial charge in [0, 0.05) is 107 Å². The van der Waals surface area contributed by atoms with E-state index in [0.29, 0.717) is 55.3 Å². The first kappa shape index (κ1) is 96.4. The van der Waals surface area contributed by atoms with Gasteiger partial charge in [-0.2, -0.15) is 0 Å². The molecule has 0 aliphatic heterocycles. The average Bonchev–Trinajstić information content (AvgIpc) is 0.839. The third kappa shape index (κ3) is 22.1. The highest BCUT2D eigenvalue weighted by Gasteiger charge is 2.32. The van der Waals surface area contributed by atoms with Crippen molar-refractivity contribution < 1.29 is 75.7 Å². The number of fused-ring (bicyclic) bond motifs is 3. The van der Waals surface area contributed by atoms with Gasteiger partial charge in [0.2, 0.25) is 5.56 Å². The van der Waals surface area contributed by atoms with Gasteiger partial charge < -0.3 is 47.6 Å². The molecule has 8 heterocycles. The van der Waals surface area contributed by atoms with Gasteiger partial charge in [0.05, 0.1) is 112 Å². The average molecular weight is 2000 g/mol. The number of hydrogen-bond acceptors (Lipinski definition) is 23. The van der Waals surface area contributed by atoms with Gasteiger partial charge in [0.1, 0.15) is 65.0 Å². The van der Waals surface area contributed by atoms with Crippen LogP contribution in [-0.4, -0.2) is 113 Å². The second-order valence-corrected chi connectivity index (χ2v) is 37.1. The Bertz CT molecular complexity index is 7570. The lowest BCUT2D eigenvalue weighted by Crippen LogP contribution is -2.35. The Kier molecular flexibility index (Phi) is 30.7. The molecule has 1 aliphatic rings. The molecule has 1 aliphatic carbocycles. The fourth-order valence-corrected chi connectivity index (χ4v) is 19.4. The number of aromatic amines is 1. The van der Waals surface area contributed by atoms with Gasteiger partial charge in [0.15, 0.2) is 17.5 Å². The largest absolute Gasteiger partial charge is 0.497 e. The number of rotatable bonds is 24. The van der Waals surface area contributed by atoms with Crippen LogP contribution in [0, 0.1) is 37.2 Å². The first-order valence-corrected chi connectivity index (χ1v) is 46.7. The lowest BCUT2D eigenvalue weighted by molar-refractivity contribution is 0.267. The fourth-order valence-electron chi connectivity index (χ4n) is 14.8. The van der Waals surface area contributed by atoms with Crippen molar-refractivity contribution in [2.75, 3.05) is 55.9 Å². The molecule has 39 heteroatoms. The minimum Gasteiger partial charge on any atom is -0.497 e. The van der Waals surface area contributed by atoms with E-state index in [0.717, 1.165) is 42.3 Å². The van der Waals surface area contributed by atoms with Crippen molar-refractivity contribution in [3.63, 3.8) is 0 Å². The van der Waals surface area contributed by atoms with Gasteiger partial charge in [-0.25, -0.2) is 47.0 Å². The van der Waals surface area contributed by atoms with Crippen LogP contribution in [0.5, 0.6) is 28.7 Å². The van der Waals surface area contributed by atoms with E-state index in [-0.39, 0.29) is 99.7 Å². The first-order valence-electron chi connectivity index (χ1n) is 40.8. The van der Waals surface area contributed by atoms with Crippen LogP contribution in [0.3, 0.4) is 0 Å². The monoisotopic (exact) mass is 2000 g/mol. The summed E-state index contributed by atoms with van der Waals surface area (Å²) in [7, 11) is -2.93. The number of anilines is 3. The van der Waals surface area contributed by atoms with E-state index in [1.54, 1.807) is 80.9 Å². The summed E-state index contributed by atoms with van der Waals surface area (Å²) in [5.74, 6) is 1.13. The second-order valence-electron chi connectivity index (χ2n) is 30.0. The molecular formula is C94H87Br2F3N12O19S3. The number of aryl methyl sites for hydroxylation is 2. The van der Waals surface area contributed by atoms with Gasteiger partial charge in [-0.05, 0) is 215 Å². The number of ether oxygens (including phenoxy) is 5. The Morgan fingerprint density at radius 3 is 1.28 bits per heavy atom. The Balaban J connectivity index is 0.000000156. The number of hydrogen-bond donors (Lipinski definition) is 3. The lowest BCUT2D eigenvalue weighted by atomic mass is 9.83. The number of H-pyrrole nitrogens is 1. The number of benzene rings is 8. The van der Waals surface area contributed by atoms with Crippen molar-refractivity contribution in [1.82, 2.24) is 44.0 Å². The van der Waals surface area contributed by atoms with Crippen LogP contribution in [0.15, 0.2) is 311 Å². The molecule has 0 bridgehead atoms. The standard InChI is InChI=1S/C33H27FN4O7S.C27H21BrFN3O6S.C19H13BrFN3O5S.C9H19N.C6H7NO/c1-21-12-14-36(33(40)16-21)28-19-30(44-3)29(18-26(28)34)38-27-10-9-25(17-23(27)6-11-32(38)39)46(41,42)37(31-13-15-45-35-31)20-22-4-7-24(43-2)8-5-22;1-36-19-6-3-17(4-7-19)16-31(26-11-12-38-30-26)39(34,35)20-8-9-23-18(13-20)5-10-27(33)32(23)24-15-22(29)21(28)14-25(24)37-2;1-28-17-9-13(20)14(21)10-16(17)24-15-4-3-12(8-11(15)2-5-19(24)25)30(26,27)23-18-6-7-29-22-18;1-3-8-6-4-5-7-9(8)10-2;1-5-2-3-7-6(8)4-5/h4-19H,20H2,1-3H3;3-15H,16H2,1-2H3;2-10H,1H3,(H,22,23);8-10H,3-7H2,1-2H3;2-4H,1H3,(H,7,8)/t;;;8?,9-;/m...0./s1. The van der Waals surface area contributed by atoms with E-state index in [9.17, 15) is 58.0 Å². The molecule has 0 saturated heterocycles. The molecule has 1 unspecified atom stereocenters. The summed E-state index contributed by atoms with van der Waals surface area (Å²) in [6.45, 7) is 5.87. The van der Waals surface area contributed by atoms with Crippen LogP contribution in [0.25, 0.3) is 55.5 Å². The molecule has 2 atom stereocenters. The van der Waals surface area contributed by atoms with Crippen molar-refractivity contribution in [3.8, 4) is 51.5 Å². The summed E-state index contributed by atoms with van der Waals surface area (Å²) in [5, 5.41) is 15.9. The van der Waals surface area contributed by atoms with Crippen molar-refractivity contribution in [2.24, 2.45) is 5.92 Å². The van der Waals surface area contributed by atoms with Crippen molar-refractivity contribution >= 4 is 112 Å². The Labute approximate surface area is 776 Å². The summed E-state index contributed by atoms with van der Waals surface area (Å²) in [6, 6.07) is 54.1. The number of sulfonamides is 3.